The molecule has 0 radical (unpaired) electrons. The lowest BCUT2D eigenvalue weighted by molar-refractivity contribution is -0.123. The molecule has 210 valence electrons. The molecule has 2 aliphatic heterocycles. The van der Waals surface area contributed by atoms with Gasteiger partial charge in [-0.15, -0.1) is 11.8 Å². The van der Waals surface area contributed by atoms with E-state index in [1.807, 2.05) is 66.2 Å². The van der Waals surface area contributed by atoms with E-state index in [4.69, 9.17) is 9.84 Å². The van der Waals surface area contributed by atoms with Crippen molar-refractivity contribution in [2.24, 2.45) is 0 Å². The summed E-state index contributed by atoms with van der Waals surface area (Å²) in [6.45, 7) is 5.20. The molecule has 2 amide bonds. The lowest BCUT2D eigenvalue weighted by Crippen LogP contribution is -2.44. The number of anilines is 1. The number of rotatable bonds is 7. The van der Waals surface area contributed by atoms with E-state index >= 15 is 0 Å². The molecular weight excluding hydrogens is 532 g/mol. The number of thioether (sulfide) groups is 1. The Morgan fingerprint density at radius 2 is 1.85 bits per heavy atom. The predicted octanol–water partition coefficient (Wildman–Crippen LogP) is 5.62. The lowest BCUT2D eigenvalue weighted by atomic mass is 9.98. The standard InChI is InChI=1S/C33H34N4O3S/c1-22-10-8-14-25(18-22)32-30-31(24-12-4-3-5-13-24)35-37(27-16-7-6-11-23(27)2)33(30)36(29(39)21-41-32)20-28(38)34-19-26-15-9-17-40-26/h3-8,10-14,16,18,26,32H,9,15,17,19-21H2,1-2H3,(H,34,38). The number of para-hydroxylation sites is 1. The minimum absolute atomic E-state index is 0.0257. The minimum Gasteiger partial charge on any atom is -0.376 e. The first-order valence-corrected chi connectivity index (χ1v) is 15.2. The van der Waals surface area contributed by atoms with Crippen LogP contribution in [0.5, 0.6) is 0 Å². The summed E-state index contributed by atoms with van der Waals surface area (Å²) in [5.41, 5.74) is 6.87. The van der Waals surface area contributed by atoms with Gasteiger partial charge in [0.2, 0.25) is 11.8 Å². The van der Waals surface area contributed by atoms with E-state index in [1.165, 1.54) is 0 Å². The summed E-state index contributed by atoms with van der Waals surface area (Å²) in [7, 11) is 0. The van der Waals surface area contributed by atoms with Gasteiger partial charge in [-0.05, 0) is 43.9 Å². The first kappa shape index (κ1) is 27.3. The molecule has 8 heteroatoms. The molecule has 0 saturated carbocycles. The molecular formula is C33H34N4O3S. The first-order valence-electron chi connectivity index (χ1n) is 14.1. The van der Waals surface area contributed by atoms with E-state index in [0.717, 1.165) is 58.6 Å². The highest BCUT2D eigenvalue weighted by Gasteiger charge is 2.38. The Balaban J connectivity index is 1.53. The van der Waals surface area contributed by atoms with E-state index in [2.05, 4.69) is 36.5 Å². The summed E-state index contributed by atoms with van der Waals surface area (Å²) in [5.74, 6) is 0.562. The topological polar surface area (TPSA) is 76.5 Å². The fourth-order valence-electron chi connectivity index (χ4n) is 5.63. The van der Waals surface area contributed by atoms with Gasteiger partial charge in [0, 0.05) is 24.3 Å². The van der Waals surface area contributed by atoms with E-state index < -0.39 is 0 Å². The lowest BCUT2D eigenvalue weighted by Gasteiger charge is -2.24. The van der Waals surface area contributed by atoms with Crippen LogP contribution in [0.3, 0.4) is 0 Å². The molecule has 4 aromatic rings. The van der Waals surface area contributed by atoms with Crippen molar-refractivity contribution >= 4 is 29.4 Å². The van der Waals surface area contributed by atoms with Gasteiger partial charge in [0.1, 0.15) is 12.4 Å². The van der Waals surface area contributed by atoms with E-state index in [0.29, 0.717) is 12.4 Å². The molecule has 3 aromatic carbocycles. The zero-order valence-corrected chi connectivity index (χ0v) is 24.2. The van der Waals surface area contributed by atoms with Crippen LogP contribution < -0.4 is 10.2 Å². The van der Waals surface area contributed by atoms with Gasteiger partial charge in [0.15, 0.2) is 0 Å². The molecule has 6 rings (SSSR count). The summed E-state index contributed by atoms with van der Waals surface area (Å²) in [5, 5.41) is 8.05. The number of carbonyl (C=O) groups is 2. The van der Waals surface area contributed by atoms with Crippen molar-refractivity contribution in [3.63, 3.8) is 0 Å². The van der Waals surface area contributed by atoms with Crippen molar-refractivity contribution < 1.29 is 14.3 Å². The number of ether oxygens (including phenoxy) is 1. The van der Waals surface area contributed by atoms with Gasteiger partial charge in [-0.2, -0.15) is 5.10 Å². The maximum Gasteiger partial charge on any atom is 0.240 e. The molecule has 0 aliphatic carbocycles. The third-order valence-electron chi connectivity index (χ3n) is 7.68. The van der Waals surface area contributed by atoms with Gasteiger partial charge in [-0.25, -0.2) is 4.68 Å². The number of aromatic nitrogens is 2. The molecule has 0 spiro atoms. The Bertz CT molecular complexity index is 1560. The number of aryl methyl sites for hydroxylation is 2. The predicted molar refractivity (Wildman–Crippen MR) is 164 cm³/mol. The first-order chi connectivity index (χ1) is 20.0. The van der Waals surface area contributed by atoms with Gasteiger partial charge in [0.05, 0.1) is 28.5 Å². The summed E-state index contributed by atoms with van der Waals surface area (Å²) >= 11 is 1.59. The van der Waals surface area contributed by atoms with Gasteiger partial charge in [-0.3, -0.25) is 14.5 Å². The monoisotopic (exact) mass is 566 g/mol. The third kappa shape index (κ3) is 5.67. The second-order valence-corrected chi connectivity index (χ2v) is 11.8. The maximum atomic E-state index is 13.9. The Morgan fingerprint density at radius 1 is 1.05 bits per heavy atom. The van der Waals surface area contributed by atoms with Crippen LogP contribution in [0.15, 0.2) is 78.9 Å². The average molecular weight is 567 g/mol. The molecule has 1 aromatic heterocycles. The molecule has 3 heterocycles. The second kappa shape index (κ2) is 11.9. The van der Waals surface area contributed by atoms with Crippen molar-refractivity contribution in [3.8, 4) is 16.9 Å². The molecule has 2 aliphatic rings. The summed E-state index contributed by atoms with van der Waals surface area (Å²) in [6.07, 6.45) is 1.96. The van der Waals surface area contributed by atoms with Crippen molar-refractivity contribution in [1.82, 2.24) is 15.1 Å². The van der Waals surface area contributed by atoms with Gasteiger partial charge < -0.3 is 10.1 Å². The summed E-state index contributed by atoms with van der Waals surface area (Å²) in [4.78, 5) is 28.9. The molecule has 41 heavy (non-hydrogen) atoms. The highest BCUT2D eigenvalue weighted by atomic mass is 32.2. The fraction of sp³-hybridized carbons (Fsp3) is 0.303. The SMILES string of the molecule is Cc1cccc(C2SCC(=O)N(CC(=O)NCC3CCCO3)c3c2c(-c2ccccc2)nn3-c2ccccc2C)c1. The molecule has 2 atom stereocenters. The Hall–Kier alpha value is -3.88. The van der Waals surface area contributed by atoms with Gasteiger partial charge in [-0.1, -0.05) is 78.4 Å². The van der Waals surface area contributed by atoms with Crippen LogP contribution in [0.25, 0.3) is 16.9 Å². The Labute approximate surface area is 244 Å². The van der Waals surface area contributed by atoms with Gasteiger partial charge >= 0.3 is 0 Å². The van der Waals surface area contributed by atoms with Crippen molar-refractivity contribution in [1.29, 1.82) is 0 Å². The fourth-order valence-corrected chi connectivity index (χ4v) is 6.81. The van der Waals surface area contributed by atoms with Crippen molar-refractivity contribution in [2.75, 3.05) is 30.3 Å². The smallest absolute Gasteiger partial charge is 0.240 e. The largest absolute Gasteiger partial charge is 0.376 e. The molecule has 1 N–H and O–H groups in total. The second-order valence-electron chi connectivity index (χ2n) is 10.7. The number of nitrogens with zero attached hydrogens (tertiary/aromatic N) is 3. The van der Waals surface area contributed by atoms with Crippen molar-refractivity contribution in [3.05, 3.63) is 101 Å². The number of benzene rings is 3. The molecule has 1 saturated heterocycles. The molecule has 0 bridgehead atoms. The zero-order valence-electron chi connectivity index (χ0n) is 23.4. The number of carbonyl (C=O) groups excluding carboxylic acids is 2. The number of nitrogens with one attached hydrogen (secondary N) is 1. The van der Waals surface area contributed by atoms with E-state index in [9.17, 15) is 9.59 Å². The summed E-state index contributed by atoms with van der Waals surface area (Å²) < 4.78 is 7.56. The van der Waals surface area contributed by atoms with Crippen LogP contribution in [0.2, 0.25) is 0 Å². The molecule has 7 nitrogen and oxygen atoms in total. The van der Waals surface area contributed by atoms with Crippen molar-refractivity contribution in [2.45, 2.75) is 38.0 Å². The van der Waals surface area contributed by atoms with Gasteiger partial charge in [0.25, 0.3) is 0 Å². The van der Waals surface area contributed by atoms with Crippen LogP contribution >= 0.6 is 11.8 Å². The number of hydrogen-bond donors (Lipinski definition) is 1. The van der Waals surface area contributed by atoms with Crippen LogP contribution in [0.4, 0.5) is 5.82 Å². The number of hydrogen-bond acceptors (Lipinski definition) is 5. The van der Waals surface area contributed by atoms with E-state index in [1.54, 1.807) is 16.7 Å². The third-order valence-corrected chi connectivity index (χ3v) is 8.93. The Kier molecular flexibility index (Phi) is 7.94. The quantitative estimate of drug-likeness (QED) is 0.314. The van der Waals surface area contributed by atoms with Crippen LogP contribution in [-0.4, -0.2) is 53.1 Å². The van der Waals surface area contributed by atoms with Crippen LogP contribution in [0, 0.1) is 13.8 Å². The maximum absolute atomic E-state index is 13.9. The highest BCUT2D eigenvalue weighted by Crippen LogP contribution is 2.48. The van der Waals surface area contributed by atoms with E-state index in [-0.39, 0.29) is 35.5 Å². The van der Waals surface area contributed by atoms with Crippen LogP contribution in [-0.2, 0) is 14.3 Å². The zero-order chi connectivity index (χ0) is 28.3. The molecule has 2 unspecified atom stereocenters. The number of fused-ring (bicyclic) bond motifs is 1. The van der Waals surface area contributed by atoms with Crippen LogP contribution in [0.1, 0.15) is 40.3 Å². The average Bonchev–Trinajstić information content (AvgIpc) is 3.61. The number of amides is 2. The molecule has 1 fully saturated rings. The minimum atomic E-state index is -0.211. The normalized spacial score (nSPS) is 18.7. The highest BCUT2D eigenvalue weighted by molar-refractivity contribution is 8.00. The summed E-state index contributed by atoms with van der Waals surface area (Å²) in [6, 6.07) is 26.5. The Morgan fingerprint density at radius 3 is 2.61 bits per heavy atom.